The predicted octanol–water partition coefficient (Wildman–Crippen LogP) is 0.332. The van der Waals surface area contributed by atoms with E-state index in [9.17, 15) is 10.0 Å². The van der Waals surface area contributed by atoms with Crippen molar-refractivity contribution in [3.8, 4) is 0 Å². The lowest BCUT2D eigenvalue weighted by Crippen LogP contribution is -2.29. The number of rotatable bonds is 3. The summed E-state index contributed by atoms with van der Waals surface area (Å²) in [7, 11) is 0. The van der Waals surface area contributed by atoms with Crippen LogP contribution in [0.1, 0.15) is 17.2 Å². The fourth-order valence-electron chi connectivity index (χ4n) is 1.67. The maximum absolute atomic E-state index is 11.5. The fourth-order valence-corrected chi connectivity index (χ4v) is 1.67. The highest BCUT2D eigenvalue weighted by Crippen LogP contribution is 2.20. The summed E-state index contributed by atoms with van der Waals surface area (Å²) >= 11 is 0. The monoisotopic (exact) mass is 229 g/mol. The Labute approximate surface area is 98.1 Å². The first kappa shape index (κ1) is 11.1. The van der Waals surface area contributed by atoms with Crippen molar-refractivity contribution in [3.63, 3.8) is 0 Å². The van der Waals surface area contributed by atoms with Gasteiger partial charge in [0.1, 0.15) is 5.92 Å². The first-order chi connectivity index (χ1) is 8.18. The zero-order chi connectivity index (χ0) is 12.3. The van der Waals surface area contributed by atoms with Crippen LogP contribution in [0.5, 0.6) is 0 Å². The summed E-state index contributed by atoms with van der Waals surface area (Å²) in [6.45, 7) is 0. The zero-order valence-corrected chi connectivity index (χ0v) is 8.98. The average Bonchev–Trinajstić information content (AvgIpc) is 2.30. The highest BCUT2D eigenvalue weighted by molar-refractivity contribution is 5.84. The van der Waals surface area contributed by atoms with E-state index >= 15 is 0 Å². The van der Waals surface area contributed by atoms with Gasteiger partial charge in [0.25, 0.3) is 0 Å². The largest absolute Gasteiger partial charge is 0.619 e. The number of carbonyl (C=O) groups excluding carboxylic acids is 1. The predicted molar refractivity (Wildman–Crippen MR) is 60.7 cm³/mol. The van der Waals surface area contributed by atoms with Crippen LogP contribution in [0.4, 0.5) is 0 Å². The minimum absolute atomic E-state index is 0.532. The summed E-state index contributed by atoms with van der Waals surface area (Å²) in [5.74, 6) is -1.23. The number of pyridine rings is 2. The quantitative estimate of drug-likeness (QED) is 0.608. The van der Waals surface area contributed by atoms with Crippen LogP contribution in [0.3, 0.4) is 0 Å². The molecule has 2 rings (SSSR count). The van der Waals surface area contributed by atoms with Crippen LogP contribution >= 0.6 is 0 Å². The summed E-state index contributed by atoms with van der Waals surface area (Å²) in [5, 5.41) is 11.2. The standard InChI is InChI=1S/C12H11N3O2/c13-12(16)11(10-5-1-2-6-14-10)9-4-3-7-15(17)8-9/h1-8,11H,(H2,13,16). The summed E-state index contributed by atoms with van der Waals surface area (Å²) in [5.41, 5.74) is 6.43. The Morgan fingerprint density at radius 2 is 2.18 bits per heavy atom. The molecule has 0 fully saturated rings. The van der Waals surface area contributed by atoms with Crippen molar-refractivity contribution in [3.05, 3.63) is 65.4 Å². The molecule has 2 aromatic heterocycles. The molecular weight excluding hydrogens is 218 g/mol. The van der Waals surface area contributed by atoms with Crippen molar-refractivity contribution in [2.45, 2.75) is 5.92 Å². The number of nitrogens with two attached hydrogens (primary N) is 1. The maximum atomic E-state index is 11.5. The second kappa shape index (κ2) is 4.61. The lowest BCUT2D eigenvalue weighted by molar-refractivity contribution is -0.605. The van der Waals surface area contributed by atoms with E-state index < -0.39 is 11.8 Å². The van der Waals surface area contributed by atoms with Gasteiger partial charge in [-0.05, 0) is 18.2 Å². The third kappa shape index (κ3) is 2.39. The van der Waals surface area contributed by atoms with E-state index in [1.54, 1.807) is 36.5 Å². The molecule has 0 radical (unpaired) electrons. The summed E-state index contributed by atoms with van der Waals surface area (Å²) in [6, 6.07) is 8.48. The van der Waals surface area contributed by atoms with Crippen molar-refractivity contribution in [2.75, 3.05) is 0 Å². The van der Waals surface area contributed by atoms with E-state index in [1.807, 2.05) is 0 Å². The van der Waals surface area contributed by atoms with Gasteiger partial charge in [0.2, 0.25) is 5.91 Å². The molecule has 1 atom stereocenters. The maximum Gasteiger partial charge on any atom is 0.231 e. The second-order valence-corrected chi connectivity index (χ2v) is 3.59. The van der Waals surface area contributed by atoms with Crippen molar-refractivity contribution in [2.24, 2.45) is 5.73 Å². The van der Waals surface area contributed by atoms with Gasteiger partial charge in [0, 0.05) is 17.8 Å². The van der Waals surface area contributed by atoms with E-state index in [4.69, 9.17) is 5.73 Å². The average molecular weight is 229 g/mol. The van der Waals surface area contributed by atoms with Gasteiger partial charge in [-0.3, -0.25) is 9.78 Å². The molecule has 0 aromatic carbocycles. The van der Waals surface area contributed by atoms with Gasteiger partial charge in [-0.25, -0.2) is 0 Å². The molecule has 0 spiro atoms. The number of primary amides is 1. The first-order valence-corrected chi connectivity index (χ1v) is 5.07. The molecule has 5 heteroatoms. The minimum atomic E-state index is -0.697. The molecule has 17 heavy (non-hydrogen) atoms. The molecule has 5 nitrogen and oxygen atoms in total. The van der Waals surface area contributed by atoms with E-state index in [2.05, 4.69) is 4.98 Å². The summed E-state index contributed by atoms with van der Waals surface area (Å²) in [4.78, 5) is 15.6. The molecule has 0 bridgehead atoms. The molecule has 0 aliphatic carbocycles. The van der Waals surface area contributed by atoms with E-state index in [-0.39, 0.29) is 0 Å². The zero-order valence-electron chi connectivity index (χ0n) is 8.98. The Morgan fingerprint density at radius 3 is 2.76 bits per heavy atom. The van der Waals surface area contributed by atoms with Crippen LogP contribution in [-0.2, 0) is 4.79 Å². The normalized spacial score (nSPS) is 12.0. The van der Waals surface area contributed by atoms with Gasteiger partial charge in [-0.15, -0.1) is 0 Å². The van der Waals surface area contributed by atoms with Crippen LogP contribution < -0.4 is 10.5 Å². The number of aromatic nitrogens is 2. The van der Waals surface area contributed by atoms with Gasteiger partial charge in [-0.1, -0.05) is 6.07 Å². The molecule has 2 heterocycles. The Hall–Kier alpha value is -2.43. The molecule has 2 aromatic rings. The fraction of sp³-hybridized carbons (Fsp3) is 0.0833. The van der Waals surface area contributed by atoms with Crippen LogP contribution in [-0.4, -0.2) is 10.9 Å². The van der Waals surface area contributed by atoms with Gasteiger partial charge in [0.15, 0.2) is 12.4 Å². The van der Waals surface area contributed by atoms with Gasteiger partial charge >= 0.3 is 0 Å². The van der Waals surface area contributed by atoms with E-state index in [1.165, 1.54) is 12.4 Å². The van der Waals surface area contributed by atoms with Crippen LogP contribution in [0, 0.1) is 5.21 Å². The molecule has 1 unspecified atom stereocenters. The topological polar surface area (TPSA) is 82.9 Å². The number of amides is 1. The lowest BCUT2D eigenvalue weighted by atomic mass is 9.96. The van der Waals surface area contributed by atoms with Crippen molar-refractivity contribution in [1.82, 2.24) is 4.98 Å². The van der Waals surface area contributed by atoms with Crippen LogP contribution in [0.2, 0.25) is 0 Å². The Kier molecular flexibility index (Phi) is 3.00. The van der Waals surface area contributed by atoms with Crippen molar-refractivity contribution >= 4 is 5.91 Å². The smallest absolute Gasteiger partial charge is 0.231 e. The molecular formula is C12H11N3O2. The highest BCUT2D eigenvalue weighted by atomic mass is 16.5. The number of hydrogen-bond donors (Lipinski definition) is 1. The summed E-state index contributed by atoms with van der Waals surface area (Å²) in [6.07, 6.45) is 4.25. The molecule has 86 valence electrons. The molecule has 0 aliphatic rings. The summed E-state index contributed by atoms with van der Waals surface area (Å²) < 4.78 is 0.633. The lowest BCUT2D eigenvalue weighted by Gasteiger charge is -2.11. The van der Waals surface area contributed by atoms with Crippen LogP contribution in [0.15, 0.2) is 48.9 Å². The van der Waals surface area contributed by atoms with Gasteiger partial charge < -0.3 is 10.9 Å². The Morgan fingerprint density at radius 1 is 1.35 bits per heavy atom. The van der Waals surface area contributed by atoms with E-state index in [0.717, 1.165) is 0 Å². The molecule has 0 saturated carbocycles. The third-order valence-electron chi connectivity index (χ3n) is 2.40. The van der Waals surface area contributed by atoms with Crippen molar-refractivity contribution < 1.29 is 9.52 Å². The minimum Gasteiger partial charge on any atom is -0.619 e. The second-order valence-electron chi connectivity index (χ2n) is 3.59. The Bertz CT molecular complexity index is 528. The molecule has 0 saturated heterocycles. The number of nitrogens with zero attached hydrogens (tertiary/aromatic N) is 2. The third-order valence-corrected chi connectivity index (χ3v) is 2.40. The highest BCUT2D eigenvalue weighted by Gasteiger charge is 2.23. The molecule has 2 N–H and O–H groups in total. The molecule has 0 aliphatic heterocycles. The SMILES string of the molecule is NC(=O)C(c1ccc[n+]([O-])c1)c1ccccn1. The number of hydrogen-bond acceptors (Lipinski definition) is 3. The van der Waals surface area contributed by atoms with E-state index in [0.29, 0.717) is 16.0 Å². The van der Waals surface area contributed by atoms with Gasteiger partial charge in [-0.2, -0.15) is 4.73 Å². The van der Waals surface area contributed by atoms with Crippen LogP contribution in [0.25, 0.3) is 0 Å². The number of carbonyl (C=O) groups is 1. The first-order valence-electron chi connectivity index (χ1n) is 5.07. The molecule has 1 amide bonds. The van der Waals surface area contributed by atoms with Gasteiger partial charge in [0.05, 0.1) is 5.69 Å². The van der Waals surface area contributed by atoms with Crippen molar-refractivity contribution in [1.29, 1.82) is 0 Å². The Balaban J connectivity index is 2.47.